The standard InChI is InChI=1S/C26H25FN2O2S2/c1-14-4-2-3-5-19(14)28-20(30)13-29-25-24(33-26(29)31)21(15-8-10-18(27)11-9-15)22-16-6-7-17(12-16)23(22)32-25/h2-5,8-11,16-17,21-23H,6-7,12-13H2,1H3,(H,28,30)/t16?,17?,21-,22?,23?/m0/s1. The number of nitrogens with zero attached hydrogens (tertiary/aromatic N) is 1. The second-order valence-electron chi connectivity index (χ2n) is 9.51. The first-order chi connectivity index (χ1) is 16.0. The largest absolute Gasteiger partial charge is 0.324 e. The van der Waals surface area contributed by atoms with E-state index in [1.807, 2.05) is 55.1 Å². The van der Waals surface area contributed by atoms with E-state index in [1.165, 1.54) is 42.7 Å². The minimum Gasteiger partial charge on any atom is -0.324 e. The van der Waals surface area contributed by atoms with Crippen molar-refractivity contribution in [2.24, 2.45) is 17.8 Å². The molecule has 1 aliphatic heterocycles. The zero-order valence-electron chi connectivity index (χ0n) is 18.3. The number of anilines is 1. The molecule has 0 radical (unpaired) electrons. The van der Waals surface area contributed by atoms with E-state index in [4.69, 9.17) is 0 Å². The zero-order chi connectivity index (χ0) is 22.7. The van der Waals surface area contributed by atoms with Gasteiger partial charge < -0.3 is 5.32 Å². The van der Waals surface area contributed by atoms with Crippen molar-refractivity contribution < 1.29 is 9.18 Å². The van der Waals surface area contributed by atoms with Crippen molar-refractivity contribution in [2.45, 2.75) is 48.9 Å². The second-order valence-corrected chi connectivity index (χ2v) is 11.7. The predicted molar refractivity (Wildman–Crippen MR) is 131 cm³/mol. The van der Waals surface area contributed by atoms with Gasteiger partial charge in [0.1, 0.15) is 12.4 Å². The normalized spacial score (nSPS) is 27.3. The summed E-state index contributed by atoms with van der Waals surface area (Å²) in [5.41, 5.74) is 2.84. The van der Waals surface area contributed by atoms with E-state index in [0.717, 1.165) is 26.7 Å². The minimum absolute atomic E-state index is 0.00756. The van der Waals surface area contributed by atoms with Gasteiger partial charge in [0.05, 0.1) is 5.03 Å². The Morgan fingerprint density at radius 2 is 1.88 bits per heavy atom. The Hall–Kier alpha value is -2.38. The summed E-state index contributed by atoms with van der Waals surface area (Å²) in [6, 6.07) is 14.4. The van der Waals surface area contributed by atoms with Crippen LogP contribution < -0.4 is 10.2 Å². The van der Waals surface area contributed by atoms with Crippen LogP contribution in [0.1, 0.15) is 41.2 Å². The van der Waals surface area contributed by atoms with Crippen LogP contribution in [0, 0.1) is 30.5 Å². The lowest BCUT2D eigenvalue weighted by atomic mass is 9.75. The quantitative estimate of drug-likeness (QED) is 0.525. The summed E-state index contributed by atoms with van der Waals surface area (Å²) in [6.45, 7) is 1.96. The van der Waals surface area contributed by atoms with Crippen molar-refractivity contribution in [2.75, 3.05) is 5.32 Å². The highest BCUT2D eigenvalue weighted by Crippen LogP contribution is 2.64. The number of para-hydroxylation sites is 1. The molecular formula is C26H25FN2O2S2. The van der Waals surface area contributed by atoms with Gasteiger partial charge in [-0.05, 0) is 73.3 Å². The molecule has 4 unspecified atom stereocenters. The molecule has 4 nitrogen and oxygen atoms in total. The third kappa shape index (κ3) is 3.56. The summed E-state index contributed by atoms with van der Waals surface area (Å²) in [7, 11) is 0. The molecule has 2 aromatic carbocycles. The molecule has 5 atom stereocenters. The van der Waals surface area contributed by atoms with Gasteiger partial charge in [-0.25, -0.2) is 4.39 Å². The number of aryl methyl sites for hydroxylation is 1. The first kappa shape index (κ1) is 21.2. The number of amides is 1. The van der Waals surface area contributed by atoms with Crippen LogP contribution in [0.5, 0.6) is 0 Å². The van der Waals surface area contributed by atoms with Gasteiger partial charge in [0.25, 0.3) is 0 Å². The number of hydrogen-bond donors (Lipinski definition) is 1. The number of halogens is 1. The number of carbonyl (C=O) groups excluding carboxylic acids is 1. The van der Waals surface area contributed by atoms with E-state index in [1.54, 1.807) is 4.57 Å². The highest BCUT2D eigenvalue weighted by Gasteiger charge is 2.55. The van der Waals surface area contributed by atoms with Crippen molar-refractivity contribution in [3.8, 4) is 0 Å². The van der Waals surface area contributed by atoms with Crippen molar-refractivity contribution in [3.05, 3.63) is 80.0 Å². The molecule has 170 valence electrons. The number of carbonyl (C=O) groups is 1. The number of thiazole rings is 1. The van der Waals surface area contributed by atoms with Gasteiger partial charge in [0.15, 0.2) is 0 Å². The Balaban J connectivity index is 1.37. The van der Waals surface area contributed by atoms with Gasteiger partial charge >= 0.3 is 4.87 Å². The smallest absolute Gasteiger partial charge is 0.308 e. The Morgan fingerprint density at radius 3 is 2.67 bits per heavy atom. The maximum absolute atomic E-state index is 13.7. The van der Waals surface area contributed by atoms with E-state index in [-0.39, 0.29) is 29.1 Å². The van der Waals surface area contributed by atoms with Gasteiger partial charge in [-0.3, -0.25) is 14.2 Å². The van der Waals surface area contributed by atoms with E-state index >= 15 is 0 Å². The van der Waals surface area contributed by atoms with Gasteiger partial charge in [-0.2, -0.15) is 0 Å². The lowest BCUT2D eigenvalue weighted by molar-refractivity contribution is -0.116. The second kappa shape index (κ2) is 8.13. The summed E-state index contributed by atoms with van der Waals surface area (Å²) < 4.78 is 15.4. The van der Waals surface area contributed by atoms with Crippen LogP contribution >= 0.6 is 23.1 Å². The van der Waals surface area contributed by atoms with Crippen LogP contribution in [0.4, 0.5) is 10.1 Å². The van der Waals surface area contributed by atoms with Crippen molar-refractivity contribution in [1.29, 1.82) is 0 Å². The topological polar surface area (TPSA) is 51.1 Å². The minimum atomic E-state index is -0.243. The van der Waals surface area contributed by atoms with E-state index in [2.05, 4.69) is 5.32 Å². The number of aromatic nitrogens is 1. The third-order valence-electron chi connectivity index (χ3n) is 7.64. The average molecular weight is 481 g/mol. The summed E-state index contributed by atoms with van der Waals surface area (Å²) in [6.07, 6.45) is 3.73. The van der Waals surface area contributed by atoms with Crippen molar-refractivity contribution in [3.63, 3.8) is 0 Å². The molecule has 2 saturated carbocycles. The lowest BCUT2D eigenvalue weighted by Gasteiger charge is -2.40. The first-order valence-corrected chi connectivity index (χ1v) is 13.2. The van der Waals surface area contributed by atoms with Crippen LogP contribution in [-0.2, 0) is 11.3 Å². The monoisotopic (exact) mass is 480 g/mol. The number of thioether (sulfide) groups is 1. The molecule has 6 rings (SSSR count). The molecule has 1 aromatic heterocycles. The first-order valence-electron chi connectivity index (χ1n) is 11.5. The van der Waals surface area contributed by atoms with Crippen LogP contribution in [0.2, 0.25) is 0 Å². The van der Waals surface area contributed by atoms with E-state index in [9.17, 15) is 14.0 Å². The van der Waals surface area contributed by atoms with Gasteiger partial charge in [-0.1, -0.05) is 41.7 Å². The number of benzene rings is 2. The molecule has 0 saturated heterocycles. The number of rotatable bonds is 4. The molecule has 1 amide bonds. The molecule has 33 heavy (non-hydrogen) atoms. The zero-order valence-corrected chi connectivity index (χ0v) is 19.9. The number of hydrogen-bond acceptors (Lipinski definition) is 4. The summed E-state index contributed by atoms with van der Waals surface area (Å²) in [5, 5.41) is 4.35. The Labute approximate surface area is 200 Å². The SMILES string of the molecule is Cc1ccccc1NC(=O)Cn1c2c(sc1=O)[C@@H](c1ccc(F)cc1)C1C3CCC(C3)C1S2. The lowest BCUT2D eigenvalue weighted by Crippen LogP contribution is -2.34. The van der Waals surface area contributed by atoms with E-state index < -0.39 is 0 Å². The highest BCUT2D eigenvalue weighted by molar-refractivity contribution is 8.00. The fourth-order valence-electron chi connectivity index (χ4n) is 6.18. The molecule has 2 fully saturated rings. The molecular weight excluding hydrogens is 455 g/mol. The summed E-state index contributed by atoms with van der Waals surface area (Å²) in [5.74, 6) is 1.45. The summed E-state index contributed by atoms with van der Waals surface area (Å²) in [4.78, 5) is 27.0. The molecule has 7 heteroatoms. The fourth-order valence-corrected chi connectivity index (χ4v) is 9.33. The van der Waals surface area contributed by atoms with Gasteiger partial charge in [0.2, 0.25) is 5.91 Å². The number of fused-ring (bicyclic) bond motifs is 6. The highest BCUT2D eigenvalue weighted by atomic mass is 32.2. The molecule has 0 spiro atoms. The predicted octanol–water partition coefficient (Wildman–Crippen LogP) is 5.65. The maximum atomic E-state index is 13.7. The average Bonchev–Trinajstić information content (AvgIpc) is 3.49. The van der Waals surface area contributed by atoms with Crippen LogP contribution in [0.3, 0.4) is 0 Å². The molecule has 3 aliphatic rings. The molecule has 2 bridgehead atoms. The Bertz CT molecular complexity index is 1280. The van der Waals surface area contributed by atoms with Gasteiger partial charge in [0, 0.05) is 21.7 Å². The van der Waals surface area contributed by atoms with Crippen LogP contribution in [-0.4, -0.2) is 15.7 Å². The van der Waals surface area contributed by atoms with E-state index in [0.29, 0.717) is 23.0 Å². The van der Waals surface area contributed by atoms with Crippen LogP contribution in [0.25, 0.3) is 0 Å². The fraction of sp³-hybridized carbons (Fsp3) is 0.385. The van der Waals surface area contributed by atoms with Crippen LogP contribution in [0.15, 0.2) is 58.4 Å². The molecule has 1 N–H and O–H groups in total. The maximum Gasteiger partial charge on any atom is 0.308 e. The molecule has 3 aromatic rings. The third-order valence-corrected chi connectivity index (χ3v) is 10.5. The molecule has 2 heterocycles. The Kier molecular flexibility index (Phi) is 5.22. The summed E-state index contributed by atoms with van der Waals surface area (Å²) >= 11 is 3.07. The molecule has 2 aliphatic carbocycles. The Morgan fingerprint density at radius 1 is 1.12 bits per heavy atom. The van der Waals surface area contributed by atoms with Gasteiger partial charge in [-0.15, -0.1) is 11.8 Å². The number of nitrogens with one attached hydrogen (secondary N) is 1. The van der Waals surface area contributed by atoms with Crippen molar-refractivity contribution >= 4 is 34.7 Å². The van der Waals surface area contributed by atoms with Crippen molar-refractivity contribution in [1.82, 2.24) is 4.57 Å².